The van der Waals surface area contributed by atoms with Crippen molar-refractivity contribution in [1.82, 2.24) is 0 Å². The van der Waals surface area contributed by atoms with Crippen LogP contribution in [0.25, 0.3) is 0 Å². The van der Waals surface area contributed by atoms with Crippen LogP contribution in [0.3, 0.4) is 0 Å². The summed E-state index contributed by atoms with van der Waals surface area (Å²) in [4.78, 5) is 26.1. The summed E-state index contributed by atoms with van der Waals surface area (Å²) >= 11 is 0. The van der Waals surface area contributed by atoms with Crippen molar-refractivity contribution >= 4 is 11.6 Å². The number of alkyl halides is 6. The fourth-order valence-electron chi connectivity index (χ4n) is 6.67. The molecule has 0 heterocycles. The number of hydrogen-bond acceptors (Lipinski definition) is 6. The summed E-state index contributed by atoms with van der Waals surface area (Å²) in [6.45, 7) is 1.96. The van der Waals surface area contributed by atoms with Crippen LogP contribution in [0.2, 0.25) is 0 Å². The molecule has 12 heteroatoms. The van der Waals surface area contributed by atoms with E-state index in [1.807, 2.05) is 19.1 Å². The Morgan fingerprint density at radius 3 is 1.02 bits per heavy atom. The van der Waals surface area contributed by atoms with E-state index in [1.54, 1.807) is 84.9 Å². The van der Waals surface area contributed by atoms with Crippen LogP contribution in [0.15, 0.2) is 170 Å². The lowest BCUT2D eigenvalue weighted by molar-refractivity contribution is -0.288. The molecular weight excluding hydrogens is 799 g/mol. The molecule has 308 valence electrons. The van der Waals surface area contributed by atoms with Crippen LogP contribution in [0.4, 0.5) is 26.3 Å². The van der Waals surface area contributed by atoms with Crippen molar-refractivity contribution in [2.24, 2.45) is 0 Å². The third-order valence-corrected chi connectivity index (χ3v) is 9.84. The van der Waals surface area contributed by atoms with Crippen LogP contribution < -0.4 is 18.9 Å². The second-order valence-corrected chi connectivity index (χ2v) is 13.9. The van der Waals surface area contributed by atoms with Crippen LogP contribution in [0.1, 0.15) is 48.5 Å². The fraction of sp³-hybridized carbons (Fsp3) is 0.102. The van der Waals surface area contributed by atoms with Gasteiger partial charge in [0.25, 0.3) is 0 Å². The van der Waals surface area contributed by atoms with E-state index in [-0.39, 0.29) is 28.8 Å². The zero-order valence-corrected chi connectivity index (χ0v) is 32.4. The van der Waals surface area contributed by atoms with E-state index in [1.165, 1.54) is 31.4 Å². The lowest BCUT2D eigenvalue weighted by Gasteiger charge is -2.38. The smallest absolute Gasteiger partial charge is 0.411 e. The molecule has 0 aliphatic heterocycles. The average Bonchev–Trinajstić information content (AvgIpc) is 3.24. The molecule has 0 bridgehead atoms. The van der Waals surface area contributed by atoms with Crippen molar-refractivity contribution in [3.05, 3.63) is 209 Å². The normalized spacial score (nSPS) is 11.7. The highest BCUT2D eigenvalue weighted by Gasteiger charge is 2.72. The van der Waals surface area contributed by atoms with Crippen LogP contribution >= 0.6 is 0 Å². The van der Waals surface area contributed by atoms with Crippen molar-refractivity contribution in [3.63, 3.8) is 0 Å². The van der Waals surface area contributed by atoms with Gasteiger partial charge in [0.2, 0.25) is 5.41 Å². The van der Waals surface area contributed by atoms with Gasteiger partial charge in [-0.05, 0) is 127 Å². The predicted molar refractivity (Wildman–Crippen MR) is 216 cm³/mol. The summed E-state index contributed by atoms with van der Waals surface area (Å²) in [6.07, 6.45) is -11.5. The first-order valence-electron chi connectivity index (χ1n) is 18.6. The van der Waals surface area contributed by atoms with Gasteiger partial charge >= 0.3 is 12.4 Å². The van der Waals surface area contributed by atoms with E-state index < -0.39 is 28.9 Å². The summed E-state index contributed by atoms with van der Waals surface area (Å²) in [6, 6.07) is 40.6. The minimum atomic E-state index is -5.75. The standard InChI is InChI=1S/C49H34F6O6/c1-31-6-8-32(9-7-31)45(56)33-12-22-40(23-13-33)60-43-4-3-5-44(30-43)61-41-24-14-35(15-25-41)46(57)34-10-20-39(21-11-34)59-42-28-18-37(19-29-42)47(48(50,51)52,49(53,54)55)36-16-26-38(58-2)27-17-36/h3-30H,1-2H3. The minimum absolute atomic E-state index is 0.0237. The molecule has 0 fully saturated rings. The summed E-state index contributed by atoms with van der Waals surface area (Å²) in [5.41, 5.74) is -3.53. The highest BCUT2D eigenvalue weighted by Crippen LogP contribution is 2.56. The molecule has 0 amide bonds. The van der Waals surface area contributed by atoms with Gasteiger partial charge < -0.3 is 18.9 Å². The van der Waals surface area contributed by atoms with Crippen molar-refractivity contribution < 1.29 is 54.9 Å². The van der Waals surface area contributed by atoms with E-state index in [4.69, 9.17) is 18.9 Å². The predicted octanol–water partition coefficient (Wildman–Crippen LogP) is 13.3. The van der Waals surface area contributed by atoms with E-state index in [2.05, 4.69) is 0 Å². The van der Waals surface area contributed by atoms with Gasteiger partial charge in [0.1, 0.15) is 40.2 Å². The summed E-state index contributed by atoms with van der Waals surface area (Å²) in [7, 11) is 1.25. The molecule has 0 saturated heterocycles. The van der Waals surface area contributed by atoms with Gasteiger partial charge in [-0.3, -0.25) is 9.59 Å². The third-order valence-electron chi connectivity index (χ3n) is 9.84. The number of halogens is 6. The summed E-state index contributed by atoms with van der Waals surface area (Å²) in [5.74, 6) is 1.82. The zero-order valence-electron chi connectivity index (χ0n) is 32.4. The molecule has 0 radical (unpaired) electrons. The number of carbonyl (C=O) groups excluding carboxylic acids is 2. The number of rotatable bonds is 13. The Balaban J connectivity index is 0.972. The monoisotopic (exact) mass is 832 g/mol. The Labute approximate surface area is 346 Å². The molecule has 0 aromatic heterocycles. The zero-order chi connectivity index (χ0) is 43.4. The number of hydrogen-bond donors (Lipinski definition) is 0. The van der Waals surface area contributed by atoms with Gasteiger partial charge in [-0.2, -0.15) is 26.3 Å². The number of benzene rings is 7. The molecule has 0 spiro atoms. The lowest BCUT2D eigenvalue weighted by atomic mass is 9.73. The van der Waals surface area contributed by atoms with Gasteiger partial charge in [-0.1, -0.05) is 60.2 Å². The van der Waals surface area contributed by atoms with Crippen molar-refractivity contribution in [1.29, 1.82) is 0 Å². The van der Waals surface area contributed by atoms with Crippen LogP contribution in [-0.2, 0) is 5.41 Å². The van der Waals surface area contributed by atoms with Gasteiger partial charge in [0.15, 0.2) is 11.6 Å². The van der Waals surface area contributed by atoms with Gasteiger partial charge in [-0.15, -0.1) is 0 Å². The van der Waals surface area contributed by atoms with Crippen LogP contribution in [0.5, 0.6) is 40.2 Å². The number of carbonyl (C=O) groups is 2. The number of ketones is 2. The second kappa shape index (κ2) is 17.1. The Morgan fingerprint density at radius 2 is 0.689 bits per heavy atom. The number of ether oxygens (including phenoxy) is 4. The second-order valence-electron chi connectivity index (χ2n) is 13.9. The molecule has 0 saturated carbocycles. The fourth-order valence-corrected chi connectivity index (χ4v) is 6.67. The molecule has 0 atom stereocenters. The molecule has 0 unspecified atom stereocenters. The van der Waals surface area contributed by atoms with Crippen molar-refractivity contribution in [3.8, 4) is 40.2 Å². The molecule has 7 aromatic carbocycles. The molecule has 0 aliphatic carbocycles. The Morgan fingerprint density at radius 1 is 0.393 bits per heavy atom. The maximum absolute atomic E-state index is 14.5. The number of aryl methyl sites for hydroxylation is 1. The molecule has 6 nitrogen and oxygen atoms in total. The minimum Gasteiger partial charge on any atom is -0.497 e. The Hall–Kier alpha value is -7.34. The van der Waals surface area contributed by atoms with Gasteiger partial charge in [-0.25, -0.2) is 0 Å². The highest BCUT2D eigenvalue weighted by atomic mass is 19.4. The molecule has 0 N–H and O–H groups in total. The number of methoxy groups -OCH3 is 1. The van der Waals surface area contributed by atoms with Crippen LogP contribution in [0, 0.1) is 6.92 Å². The largest absolute Gasteiger partial charge is 0.497 e. The van der Waals surface area contributed by atoms with E-state index in [0.717, 1.165) is 54.1 Å². The molecule has 7 aromatic rings. The first-order chi connectivity index (χ1) is 29.1. The Bertz CT molecular complexity index is 2610. The maximum Gasteiger partial charge on any atom is 0.411 e. The van der Waals surface area contributed by atoms with Crippen LogP contribution in [-0.4, -0.2) is 31.0 Å². The summed E-state index contributed by atoms with van der Waals surface area (Å²) < 4.78 is 110. The molecule has 0 aliphatic rings. The molecule has 61 heavy (non-hydrogen) atoms. The lowest BCUT2D eigenvalue weighted by Crippen LogP contribution is -2.54. The third kappa shape index (κ3) is 8.98. The summed E-state index contributed by atoms with van der Waals surface area (Å²) in [5, 5.41) is 0. The first-order valence-corrected chi connectivity index (χ1v) is 18.6. The van der Waals surface area contributed by atoms with Gasteiger partial charge in [0, 0.05) is 28.3 Å². The van der Waals surface area contributed by atoms with Crippen molar-refractivity contribution in [2.45, 2.75) is 24.7 Å². The van der Waals surface area contributed by atoms with Crippen molar-refractivity contribution in [2.75, 3.05) is 7.11 Å². The van der Waals surface area contributed by atoms with E-state index >= 15 is 0 Å². The van der Waals surface area contributed by atoms with E-state index in [0.29, 0.717) is 45.3 Å². The molecule has 7 rings (SSSR count). The van der Waals surface area contributed by atoms with E-state index in [9.17, 15) is 35.9 Å². The topological polar surface area (TPSA) is 71.1 Å². The maximum atomic E-state index is 14.5. The highest BCUT2D eigenvalue weighted by molar-refractivity contribution is 6.09. The quantitative estimate of drug-likeness (QED) is 0.0851. The van der Waals surface area contributed by atoms with Gasteiger partial charge in [0.05, 0.1) is 7.11 Å². The molecular formula is C49H34F6O6. The first kappa shape index (κ1) is 41.8. The SMILES string of the molecule is COc1ccc(C(c2ccc(Oc3ccc(C(=O)c4ccc(Oc5cccc(Oc6ccc(C(=O)c7ccc(C)cc7)cc6)c5)cc4)cc3)cc2)(C(F)(F)F)C(F)(F)F)cc1. The average molecular weight is 833 g/mol. The Kier molecular flexibility index (Phi) is 11.7.